The zero-order valence-corrected chi connectivity index (χ0v) is 12.3. The largest absolute Gasteiger partial charge is 0.379 e. The van der Waals surface area contributed by atoms with Crippen LogP contribution in [-0.4, -0.2) is 8.42 Å². The molecule has 106 valence electrons. The van der Waals surface area contributed by atoms with Crippen LogP contribution < -0.4 is 4.18 Å². The number of benzene rings is 3. The maximum atomic E-state index is 12.5. The van der Waals surface area contributed by atoms with Crippen LogP contribution in [0.3, 0.4) is 0 Å². The summed E-state index contributed by atoms with van der Waals surface area (Å²) in [5, 5.41) is 1.53. The third-order valence-electron chi connectivity index (χ3n) is 3.25. The van der Waals surface area contributed by atoms with Gasteiger partial charge in [-0.05, 0) is 30.5 Å². The lowest BCUT2D eigenvalue weighted by molar-refractivity contribution is 0.487. The predicted octanol–water partition coefficient (Wildman–Crippen LogP) is 3.92. The first-order valence-corrected chi connectivity index (χ1v) is 7.96. The highest BCUT2D eigenvalue weighted by Gasteiger charge is 2.19. The molecule has 0 bridgehead atoms. The lowest BCUT2D eigenvalue weighted by atomic mass is 10.1. The summed E-state index contributed by atoms with van der Waals surface area (Å²) in [6.45, 7) is 1.93. The van der Waals surface area contributed by atoms with Crippen LogP contribution in [0.1, 0.15) is 5.56 Å². The van der Waals surface area contributed by atoms with Gasteiger partial charge in [-0.25, -0.2) is 0 Å². The van der Waals surface area contributed by atoms with Crippen molar-refractivity contribution in [3.63, 3.8) is 0 Å². The van der Waals surface area contributed by atoms with Crippen LogP contribution in [0.15, 0.2) is 71.6 Å². The van der Waals surface area contributed by atoms with Crippen LogP contribution in [0, 0.1) is 6.92 Å². The number of hydrogen-bond acceptors (Lipinski definition) is 3. The first-order chi connectivity index (χ1) is 10.1. The minimum absolute atomic E-state index is 0.182. The highest BCUT2D eigenvalue weighted by atomic mass is 32.2. The highest BCUT2D eigenvalue weighted by molar-refractivity contribution is 7.87. The molecule has 0 atom stereocenters. The zero-order chi connectivity index (χ0) is 14.9. The van der Waals surface area contributed by atoms with E-state index in [1.165, 1.54) is 0 Å². The standard InChI is InChI=1S/C17H14O3S/c1-13-9-11-15(12-10-13)20-21(18,19)17-8-4-6-14-5-2-3-7-16(14)17/h2-12H,1H3. The van der Waals surface area contributed by atoms with Gasteiger partial charge in [-0.2, -0.15) is 8.42 Å². The van der Waals surface area contributed by atoms with Gasteiger partial charge in [0.15, 0.2) is 0 Å². The quantitative estimate of drug-likeness (QED) is 0.688. The van der Waals surface area contributed by atoms with Gasteiger partial charge in [-0.3, -0.25) is 0 Å². The Morgan fingerprint density at radius 3 is 2.24 bits per heavy atom. The normalized spacial score (nSPS) is 11.5. The van der Waals surface area contributed by atoms with Crippen LogP contribution in [0.5, 0.6) is 5.75 Å². The fraction of sp³-hybridized carbons (Fsp3) is 0.0588. The molecule has 21 heavy (non-hydrogen) atoms. The van der Waals surface area contributed by atoms with Crippen molar-refractivity contribution in [3.8, 4) is 5.75 Å². The van der Waals surface area contributed by atoms with Crippen LogP contribution in [0.4, 0.5) is 0 Å². The molecular formula is C17H14O3S. The van der Waals surface area contributed by atoms with Crippen molar-refractivity contribution >= 4 is 20.9 Å². The maximum Gasteiger partial charge on any atom is 0.339 e. The molecule has 0 aliphatic heterocycles. The second-order valence-corrected chi connectivity index (χ2v) is 6.34. The van der Waals surface area contributed by atoms with E-state index >= 15 is 0 Å². The number of fused-ring (bicyclic) bond motifs is 1. The summed E-state index contributed by atoms with van der Waals surface area (Å²) in [7, 11) is -3.85. The maximum absolute atomic E-state index is 12.5. The van der Waals surface area contributed by atoms with Gasteiger partial charge in [0.2, 0.25) is 0 Å². The highest BCUT2D eigenvalue weighted by Crippen LogP contribution is 2.26. The van der Waals surface area contributed by atoms with Crippen molar-refractivity contribution in [1.82, 2.24) is 0 Å². The van der Waals surface area contributed by atoms with Gasteiger partial charge in [-0.1, -0.05) is 54.1 Å². The molecule has 3 aromatic rings. The predicted molar refractivity (Wildman–Crippen MR) is 82.9 cm³/mol. The van der Waals surface area contributed by atoms with Gasteiger partial charge in [0, 0.05) is 5.39 Å². The fourth-order valence-electron chi connectivity index (χ4n) is 2.18. The molecule has 0 saturated carbocycles. The lowest BCUT2D eigenvalue weighted by Crippen LogP contribution is -2.10. The van der Waals surface area contributed by atoms with Crippen molar-refractivity contribution < 1.29 is 12.6 Å². The Bertz CT molecular complexity index is 876. The SMILES string of the molecule is Cc1ccc(OS(=O)(=O)c2cccc3ccccc23)cc1. The smallest absolute Gasteiger partial charge is 0.339 e. The molecule has 3 rings (SSSR count). The van der Waals surface area contributed by atoms with Crippen molar-refractivity contribution in [1.29, 1.82) is 0 Å². The van der Waals surface area contributed by atoms with E-state index in [0.29, 0.717) is 11.1 Å². The Labute approximate surface area is 123 Å². The molecule has 3 nitrogen and oxygen atoms in total. The average molecular weight is 298 g/mol. The van der Waals surface area contributed by atoms with E-state index in [0.717, 1.165) is 10.9 Å². The van der Waals surface area contributed by atoms with Gasteiger partial charge in [0.25, 0.3) is 0 Å². The zero-order valence-electron chi connectivity index (χ0n) is 11.5. The van der Waals surface area contributed by atoms with E-state index < -0.39 is 10.1 Å². The Kier molecular flexibility index (Phi) is 3.39. The van der Waals surface area contributed by atoms with Crippen LogP contribution >= 0.6 is 0 Å². The molecule has 0 N–H and O–H groups in total. The van der Waals surface area contributed by atoms with E-state index in [9.17, 15) is 8.42 Å². The molecule has 0 amide bonds. The number of rotatable bonds is 3. The van der Waals surface area contributed by atoms with Crippen molar-refractivity contribution in [3.05, 3.63) is 72.3 Å². The van der Waals surface area contributed by atoms with Crippen LogP contribution in [-0.2, 0) is 10.1 Å². The average Bonchev–Trinajstić information content (AvgIpc) is 2.49. The molecule has 0 fully saturated rings. The Morgan fingerprint density at radius 2 is 1.48 bits per heavy atom. The second-order valence-electron chi connectivity index (χ2n) is 4.83. The van der Waals surface area contributed by atoms with Gasteiger partial charge in [-0.15, -0.1) is 0 Å². The molecule has 0 saturated heterocycles. The summed E-state index contributed by atoms with van der Waals surface area (Å²) < 4.78 is 30.2. The summed E-state index contributed by atoms with van der Waals surface area (Å²) in [6.07, 6.45) is 0. The van der Waals surface area contributed by atoms with Crippen LogP contribution in [0.2, 0.25) is 0 Å². The van der Waals surface area contributed by atoms with Crippen molar-refractivity contribution in [2.45, 2.75) is 11.8 Å². The van der Waals surface area contributed by atoms with E-state index in [4.69, 9.17) is 4.18 Å². The third-order valence-corrected chi connectivity index (χ3v) is 4.55. The first kappa shape index (κ1) is 13.6. The molecule has 0 spiro atoms. The summed E-state index contributed by atoms with van der Waals surface area (Å²) in [5.41, 5.74) is 1.05. The third kappa shape index (κ3) is 2.76. The Balaban J connectivity index is 2.06. The van der Waals surface area contributed by atoms with E-state index in [1.54, 1.807) is 30.3 Å². The summed E-state index contributed by atoms with van der Waals surface area (Å²) in [6, 6.07) is 19.4. The summed E-state index contributed by atoms with van der Waals surface area (Å²) >= 11 is 0. The lowest BCUT2D eigenvalue weighted by Gasteiger charge is -2.09. The Hall–Kier alpha value is -2.33. The molecule has 0 radical (unpaired) electrons. The van der Waals surface area contributed by atoms with Crippen molar-refractivity contribution in [2.24, 2.45) is 0 Å². The molecule has 4 heteroatoms. The monoisotopic (exact) mass is 298 g/mol. The molecular weight excluding hydrogens is 284 g/mol. The summed E-state index contributed by atoms with van der Waals surface area (Å²) in [4.78, 5) is 0.182. The molecule has 0 aromatic heterocycles. The molecule has 0 aliphatic rings. The van der Waals surface area contributed by atoms with Crippen LogP contribution in [0.25, 0.3) is 10.8 Å². The molecule has 0 unspecified atom stereocenters. The topological polar surface area (TPSA) is 43.4 Å². The van der Waals surface area contributed by atoms with Gasteiger partial charge >= 0.3 is 10.1 Å². The molecule has 3 aromatic carbocycles. The minimum Gasteiger partial charge on any atom is -0.379 e. The first-order valence-electron chi connectivity index (χ1n) is 6.55. The summed E-state index contributed by atoms with van der Waals surface area (Å²) in [5.74, 6) is 0.313. The fourth-order valence-corrected chi connectivity index (χ4v) is 3.33. The number of aryl methyl sites for hydroxylation is 1. The molecule has 0 aliphatic carbocycles. The van der Waals surface area contributed by atoms with Gasteiger partial charge in [0.05, 0.1) is 0 Å². The van der Waals surface area contributed by atoms with Gasteiger partial charge in [0.1, 0.15) is 10.6 Å². The van der Waals surface area contributed by atoms with E-state index in [-0.39, 0.29) is 4.90 Å². The second kappa shape index (κ2) is 5.22. The number of hydrogen-bond donors (Lipinski definition) is 0. The van der Waals surface area contributed by atoms with E-state index in [2.05, 4.69) is 0 Å². The van der Waals surface area contributed by atoms with Gasteiger partial charge < -0.3 is 4.18 Å². The van der Waals surface area contributed by atoms with Crippen molar-refractivity contribution in [2.75, 3.05) is 0 Å². The molecule has 0 heterocycles. The minimum atomic E-state index is -3.85. The Morgan fingerprint density at radius 1 is 0.810 bits per heavy atom. The van der Waals surface area contributed by atoms with E-state index in [1.807, 2.05) is 43.3 Å².